The van der Waals surface area contributed by atoms with E-state index in [2.05, 4.69) is 10.6 Å². The lowest BCUT2D eigenvalue weighted by Crippen LogP contribution is -2.18. The van der Waals surface area contributed by atoms with Crippen molar-refractivity contribution in [2.45, 2.75) is 0 Å². The van der Waals surface area contributed by atoms with Gasteiger partial charge in [-0.2, -0.15) is 0 Å². The first-order chi connectivity index (χ1) is 17.5. The molecule has 36 heavy (non-hydrogen) atoms. The largest absolute Gasteiger partial charge is 0.494 e. The van der Waals surface area contributed by atoms with Crippen molar-refractivity contribution in [1.82, 2.24) is 0 Å². The van der Waals surface area contributed by atoms with E-state index in [-0.39, 0.29) is 22.8 Å². The number of nitrogens with one attached hydrogen (secondary N) is 2. The van der Waals surface area contributed by atoms with E-state index in [0.29, 0.717) is 34.0 Å². The Labute approximate surface area is 208 Å². The van der Waals surface area contributed by atoms with Gasteiger partial charge in [0.1, 0.15) is 11.5 Å². The number of carbonyl (C=O) groups excluding carboxylic acids is 3. The van der Waals surface area contributed by atoms with E-state index >= 15 is 0 Å². The molecule has 0 saturated heterocycles. The quantitative estimate of drug-likeness (QED) is 0.328. The van der Waals surface area contributed by atoms with E-state index < -0.39 is 5.91 Å². The minimum absolute atomic E-state index is 0.217. The molecule has 2 amide bonds. The van der Waals surface area contributed by atoms with Crippen molar-refractivity contribution in [3.63, 3.8) is 0 Å². The van der Waals surface area contributed by atoms with Crippen LogP contribution in [0.3, 0.4) is 0 Å². The number of benzene rings is 4. The molecular weight excluding hydrogens is 456 g/mol. The summed E-state index contributed by atoms with van der Waals surface area (Å²) in [4.78, 5) is 38.9. The Morgan fingerprint density at radius 1 is 0.556 bits per heavy atom. The molecule has 0 aromatic heterocycles. The molecule has 0 unspecified atom stereocenters. The minimum atomic E-state index is -0.490. The highest BCUT2D eigenvalue weighted by molar-refractivity contribution is 6.18. The molecule has 0 bridgehead atoms. The number of hydrogen-bond acceptors (Lipinski definition) is 5. The van der Waals surface area contributed by atoms with Crippen LogP contribution >= 0.6 is 0 Å². The normalized spacial score (nSPS) is 10.3. The van der Waals surface area contributed by atoms with Crippen LogP contribution < -0.4 is 20.1 Å². The van der Waals surface area contributed by atoms with Crippen LogP contribution in [-0.2, 0) is 0 Å². The second-order valence-electron chi connectivity index (χ2n) is 7.77. The summed E-state index contributed by atoms with van der Waals surface area (Å²) in [6.45, 7) is 0. The first-order valence-electron chi connectivity index (χ1n) is 11.1. The molecule has 4 aromatic rings. The molecule has 7 nitrogen and oxygen atoms in total. The number of ether oxygens (including phenoxy) is 2. The summed E-state index contributed by atoms with van der Waals surface area (Å²) in [5.41, 5.74) is 2.15. The van der Waals surface area contributed by atoms with E-state index in [9.17, 15) is 14.4 Å². The minimum Gasteiger partial charge on any atom is -0.494 e. The number of methoxy groups -OCH3 is 2. The molecule has 0 aliphatic carbocycles. The second kappa shape index (κ2) is 11.0. The summed E-state index contributed by atoms with van der Waals surface area (Å²) in [5, 5.41) is 5.61. The van der Waals surface area contributed by atoms with Gasteiger partial charge in [0.25, 0.3) is 11.8 Å². The zero-order valence-corrected chi connectivity index (χ0v) is 19.8. The fourth-order valence-electron chi connectivity index (χ4n) is 3.69. The number of hydrogen-bond donors (Lipinski definition) is 2. The van der Waals surface area contributed by atoms with Crippen molar-refractivity contribution < 1.29 is 23.9 Å². The number of amides is 2. The third-order valence-corrected chi connectivity index (χ3v) is 5.51. The highest BCUT2D eigenvalue weighted by atomic mass is 16.5. The molecule has 2 N–H and O–H groups in total. The Kier molecular flexibility index (Phi) is 7.41. The Morgan fingerprint density at radius 2 is 1.00 bits per heavy atom. The number of anilines is 2. The maximum Gasteiger partial charge on any atom is 0.256 e. The van der Waals surface area contributed by atoms with Gasteiger partial charge in [0, 0.05) is 28.8 Å². The van der Waals surface area contributed by atoms with Gasteiger partial charge in [-0.1, -0.05) is 66.7 Å². The molecule has 4 aromatic carbocycles. The smallest absolute Gasteiger partial charge is 0.256 e. The van der Waals surface area contributed by atoms with Crippen molar-refractivity contribution in [3.8, 4) is 11.5 Å². The highest BCUT2D eigenvalue weighted by Crippen LogP contribution is 2.37. The van der Waals surface area contributed by atoms with Gasteiger partial charge >= 0.3 is 0 Å². The zero-order chi connectivity index (χ0) is 25.5. The molecule has 0 heterocycles. The zero-order valence-electron chi connectivity index (χ0n) is 19.8. The lowest BCUT2D eigenvalue weighted by Gasteiger charge is -2.17. The summed E-state index contributed by atoms with van der Waals surface area (Å²) < 4.78 is 10.9. The molecule has 4 rings (SSSR count). The molecule has 180 valence electrons. The van der Waals surface area contributed by atoms with Crippen molar-refractivity contribution >= 4 is 29.0 Å². The molecule has 0 spiro atoms. The van der Waals surface area contributed by atoms with Gasteiger partial charge in [0.15, 0.2) is 5.78 Å². The fourth-order valence-corrected chi connectivity index (χ4v) is 3.69. The number of rotatable bonds is 8. The molecule has 7 heteroatoms. The predicted octanol–water partition coefficient (Wildman–Crippen LogP) is 5.44. The van der Waals surface area contributed by atoms with E-state index in [4.69, 9.17) is 9.47 Å². The number of carbonyl (C=O) groups is 3. The third kappa shape index (κ3) is 5.26. The molecule has 0 aliphatic rings. The van der Waals surface area contributed by atoms with Crippen LogP contribution in [0.1, 0.15) is 36.6 Å². The second-order valence-corrected chi connectivity index (χ2v) is 7.77. The van der Waals surface area contributed by atoms with Crippen LogP contribution in [0.5, 0.6) is 11.5 Å². The van der Waals surface area contributed by atoms with Gasteiger partial charge < -0.3 is 20.1 Å². The van der Waals surface area contributed by atoms with Crippen LogP contribution in [-0.4, -0.2) is 31.8 Å². The standard InChI is InChI=1S/C29H24N2O5/c1-35-25-18-24(26(36-2)17-23(25)30-28(33)20-13-7-4-8-14-20)31-29(34)22-16-10-9-15-21(22)27(32)19-11-5-3-6-12-19/h3-18H,1-2H3,(H,30,33)(H,31,34). The van der Waals surface area contributed by atoms with Gasteiger partial charge in [0.05, 0.1) is 31.2 Å². The highest BCUT2D eigenvalue weighted by Gasteiger charge is 2.21. The van der Waals surface area contributed by atoms with E-state index in [1.165, 1.54) is 14.2 Å². The molecule has 0 fully saturated rings. The maximum atomic E-state index is 13.3. The van der Waals surface area contributed by atoms with Gasteiger partial charge in [-0.3, -0.25) is 14.4 Å². The number of ketones is 1. The monoisotopic (exact) mass is 480 g/mol. The summed E-state index contributed by atoms with van der Waals surface area (Å²) in [7, 11) is 2.91. The lowest BCUT2D eigenvalue weighted by molar-refractivity contribution is 0.0996. The molecule has 0 saturated carbocycles. The Hall–Kier alpha value is -4.91. The van der Waals surface area contributed by atoms with Crippen LogP contribution in [0.15, 0.2) is 97.1 Å². The van der Waals surface area contributed by atoms with E-state index in [1.54, 1.807) is 84.9 Å². The summed E-state index contributed by atoms with van der Waals surface area (Å²) >= 11 is 0. The fraction of sp³-hybridized carbons (Fsp3) is 0.0690. The maximum absolute atomic E-state index is 13.3. The van der Waals surface area contributed by atoms with Gasteiger partial charge in [-0.05, 0) is 18.2 Å². The van der Waals surface area contributed by atoms with Gasteiger partial charge in [-0.25, -0.2) is 0 Å². The van der Waals surface area contributed by atoms with Crippen LogP contribution in [0.2, 0.25) is 0 Å². The first kappa shape index (κ1) is 24.2. The van der Waals surface area contributed by atoms with Gasteiger partial charge in [-0.15, -0.1) is 0 Å². The molecular formula is C29H24N2O5. The Morgan fingerprint density at radius 3 is 1.53 bits per heavy atom. The summed E-state index contributed by atoms with van der Waals surface area (Å²) in [6, 6.07) is 27.2. The van der Waals surface area contributed by atoms with Crippen LogP contribution in [0.4, 0.5) is 11.4 Å². The van der Waals surface area contributed by atoms with Crippen LogP contribution in [0.25, 0.3) is 0 Å². The van der Waals surface area contributed by atoms with Crippen molar-refractivity contribution in [2.75, 3.05) is 24.9 Å². The average Bonchev–Trinajstić information content (AvgIpc) is 2.94. The Bertz CT molecular complexity index is 1400. The molecule has 0 atom stereocenters. The summed E-state index contributed by atoms with van der Waals surface area (Å²) in [5.74, 6) is -0.439. The lowest BCUT2D eigenvalue weighted by atomic mass is 9.98. The Balaban J connectivity index is 1.62. The third-order valence-electron chi connectivity index (χ3n) is 5.51. The predicted molar refractivity (Wildman–Crippen MR) is 138 cm³/mol. The van der Waals surface area contributed by atoms with Crippen molar-refractivity contribution in [2.24, 2.45) is 0 Å². The first-order valence-corrected chi connectivity index (χ1v) is 11.1. The van der Waals surface area contributed by atoms with Gasteiger partial charge in [0.2, 0.25) is 0 Å². The SMILES string of the molecule is COc1cc(NC(=O)c2ccccc2C(=O)c2ccccc2)c(OC)cc1NC(=O)c1ccccc1. The topological polar surface area (TPSA) is 93.7 Å². The van der Waals surface area contributed by atoms with E-state index in [1.807, 2.05) is 12.1 Å². The van der Waals surface area contributed by atoms with Crippen molar-refractivity contribution in [3.05, 3.63) is 119 Å². The molecule has 0 aliphatic heterocycles. The van der Waals surface area contributed by atoms with E-state index in [0.717, 1.165) is 0 Å². The average molecular weight is 481 g/mol. The van der Waals surface area contributed by atoms with Crippen LogP contribution in [0, 0.1) is 0 Å². The summed E-state index contributed by atoms with van der Waals surface area (Å²) in [6.07, 6.45) is 0. The van der Waals surface area contributed by atoms with Crippen molar-refractivity contribution in [1.29, 1.82) is 0 Å². The molecule has 0 radical (unpaired) electrons.